The largest absolute Gasteiger partial charge is 0.478 e. The minimum absolute atomic E-state index is 0.253. The van der Waals surface area contributed by atoms with Gasteiger partial charge in [0, 0.05) is 10.7 Å². The molecule has 1 aromatic heterocycles. The van der Waals surface area contributed by atoms with E-state index in [9.17, 15) is 13.6 Å². The predicted octanol–water partition coefficient (Wildman–Crippen LogP) is 3.61. The van der Waals surface area contributed by atoms with Crippen molar-refractivity contribution in [1.82, 2.24) is 4.98 Å². The highest BCUT2D eigenvalue weighted by molar-refractivity contribution is 9.10. The van der Waals surface area contributed by atoms with Crippen LogP contribution in [0.2, 0.25) is 0 Å². The molecule has 0 saturated heterocycles. The first kappa shape index (κ1) is 13.4. The number of hydrogen-bond donors (Lipinski definition) is 1. The van der Waals surface area contributed by atoms with Crippen molar-refractivity contribution in [3.8, 4) is 11.6 Å². The number of nitrogens with zero attached hydrogens (tertiary/aromatic N) is 1. The topological polar surface area (TPSA) is 59.4 Å². The van der Waals surface area contributed by atoms with Crippen LogP contribution in [0.3, 0.4) is 0 Å². The van der Waals surface area contributed by atoms with Crippen molar-refractivity contribution in [1.29, 1.82) is 0 Å². The quantitative estimate of drug-likeness (QED) is 0.934. The first-order valence-corrected chi connectivity index (χ1v) is 5.79. The second kappa shape index (κ2) is 5.31. The molecule has 0 fully saturated rings. The van der Waals surface area contributed by atoms with Crippen molar-refractivity contribution >= 4 is 21.9 Å². The van der Waals surface area contributed by atoms with Gasteiger partial charge in [-0.1, -0.05) is 15.9 Å². The lowest BCUT2D eigenvalue weighted by atomic mass is 10.2. The van der Waals surface area contributed by atoms with Gasteiger partial charge in [-0.2, -0.15) is 0 Å². The molecule has 7 heteroatoms. The summed E-state index contributed by atoms with van der Waals surface area (Å²) in [4.78, 5) is 14.3. The average Bonchev–Trinajstić information content (AvgIpc) is 2.34. The zero-order valence-electron chi connectivity index (χ0n) is 9.23. The molecule has 0 bridgehead atoms. The molecular formula is C12H6BrF2NO3. The first-order chi connectivity index (χ1) is 8.99. The highest BCUT2D eigenvalue weighted by Gasteiger charge is 2.17. The molecule has 0 aliphatic heterocycles. The van der Waals surface area contributed by atoms with Gasteiger partial charge in [0.15, 0.2) is 17.4 Å². The third-order valence-electron chi connectivity index (χ3n) is 2.19. The van der Waals surface area contributed by atoms with Crippen LogP contribution in [0, 0.1) is 11.6 Å². The lowest BCUT2D eigenvalue weighted by Crippen LogP contribution is -2.03. The highest BCUT2D eigenvalue weighted by Crippen LogP contribution is 2.28. The fourth-order valence-corrected chi connectivity index (χ4v) is 1.66. The normalized spacial score (nSPS) is 10.3. The Labute approximate surface area is 114 Å². The van der Waals surface area contributed by atoms with Crippen molar-refractivity contribution in [2.45, 2.75) is 0 Å². The molecular weight excluding hydrogens is 324 g/mol. The standard InChI is InChI=1S/C12H6BrF2NO3/c13-6-1-2-9(8(14)5-6)19-11-10(15)7(12(17)18)3-4-16-11/h1-5H,(H,17,18). The number of rotatable bonds is 3. The van der Waals surface area contributed by atoms with Gasteiger partial charge in [0.25, 0.3) is 5.88 Å². The molecule has 2 aromatic rings. The summed E-state index contributed by atoms with van der Waals surface area (Å²) in [6.07, 6.45) is 1.07. The van der Waals surface area contributed by atoms with Gasteiger partial charge in [0.2, 0.25) is 0 Å². The molecule has 0 aliphatic rings. The number of aromatic carboxylic acids is 1. The summed E-state index contributed by atoms with van der Waals surface area (Å²) in [5, 5.41) is 8.74. The number of halogens is 3. The predicted molar refractivity (Wildman–Crippen MR) is 65.3 cm³/mol. The Bertz CT molecular complexity index is 649. The zero-order chi connectivity index (χ0) is 14.0. The van der Waals surface area contributed by atoms with Crippen LogP contribution in [0.5, 0.6) is 11.6 Å². The Hall–Kier alpha value is -2.02. The van der Waals surface area contributed by atoms with Crippen molar-refractivity contribution in [3.63, 3.8) is 0 Å². The first-order valence-electron chi connectivity index (χ1n) is 4.99. The van der Waals surface area contributed by atoms with E-state index < -0.39 is 29.0 Å². The molecule has 0 amide bonds. The fourth-order valence-electron chi connectivity index (χ4n) is 1.32. The van der Waals surface area contributed by atoms with Crippen LogP contribution < -0.4 is 4.74 Å². The van der Waals surface area contributed by atoms with Gasteiger partial charge in [-0.3, -0.25) is 0 Å². The van der Waals surface area contributed by atoms with E-state index in [2.05, 4.69) is 20.9 Å². The summed E-state index contributed by atoms with van der Waals surface area (Å²) < 4.78 is 32.7. The molecule has 1 heterocycles. The van der Waals surface area contributed by atoms with E-state index in [-0.39, 0.29) is 5.75 Å². The molecule has 19 heavy (non-hydrogen) atoms. The maximum Gasteiger partial charge on any atom is 0.338 e. The summed E-state index contributed by atoms with van der Waals surface area (Å²) in [6, 6.07) is 4.89. The Morgan fingerprint density at radius 3 is 2.68 bits per heavy atom. The number of pyridine rings is 1. The number of ether oxygens (including phenoxy) is 1. The summed E-state index contributed by atoms with van der Waals surface area (Å²) in [7, 11) is 0. The van der Waals surface area contributed by atoms with Gasteiger partial charge in [-0.15, -0.1) is 0 Å². The Morgan fingerprint density at radius 1 is 1.32 bits per heavy atom. The van der Waals surface area contributed by atoms with Crippen LogP contribution in [0.4, 0.5) is 8.78 Å². The van der Waals surface area contributed by atoms with E-state index in [4.69, 9.17) is 9.84 Å². The summed E-state index contributed by atoms with van der Waals surface area (Å²) in [5.41, 5.74) is -0.595. The Kier molecular flexibility index (Phi) is 3.75. The number of carboxylic acid groups (broad SMARTS) is 1. The van der Waals surface area contributed by atoms with E-state index in [1.54, 1.807) is 0 Å². The van der Waals surface area contributed by atoms with Gasteiger partial charge < -0.3 is 9.84 Å². The van der Waals surface area contributed by atoms with Crippen LogP contribution in [-0.4, -0.2) is 16.1 Å². The minimum Gasteiger partial charge on any atom is -0.478 e. The molecule has 0 spiro atoms. The van der Waals surface area contributed by atoms with Gasteiger partial charge in [-0.05, 0) is 24.3 Å². The van der Waals surface area contributed by atoms with Crippen LogP contribution in [0.25, 0.3) is 0 Å². The molecule has 0 unspecified atom stereocenters. The number of carboxylic acids is 1. The maximum absolute atomic E-state index is 13.7. The van der Waals surface area contributed by atoms with Gasteiger partial charge in [-0.25, -0.2) is 18.6 Å². The Morgan fingerprint density at radius 2 is 2.05 bits per heavy atom. The molecule has 1 N–H and O–H groups in total. The summed E-state index contributed by atoms with van der Waals surface area (Å²) >= 11 is 3.06. The summed E-state index contributed by atoms with van der Waals surface area (Å²) in [5.74, 6) is -4.19. The van der Waals surface area contributed by atoms with Crippen LogP contribution >= 0.6 is 15.9 Å². The molecule has 2 rings (SSSR count). The third kappa shape index (κ3) is 2.87. The molecule has 0 radical (unpaired) electrons. The van der Waals surface area contributed by atoms with Crippen molar-refractivity contribution in [3.05, 3.63) is 52.1 Å². The molecule has 1 aromatic carbocycles. The average molecular weight is 330 g/mol. The van der Waals surface area contributed by atoms with Crippen molar-refractivity contribution in [2.75, 3.05) is 0 Å². The SMILES string of the molecule is O=C(O)c1ccnc(Oc2ccc(Br)cc2F)c1F. The van der Waals surface area contributed by atoms with Gasteiger partial charge in [0.1, 0.15) is 5.56 Å². The van der Waals surface area contributed by atoms with Gasteiger partial charge >= 0.3 is 5.97 Å². The van der Waals surface area contributed by atoms with Gasteiger partial charge in [0.05, 0.1) is 0 Å². The van der Waals surface area contributed by atoms with Crippen LogP contribution in [0.1, 0.15) is 10.4 Å². The molecule has 0 atom stereocenters. The molecule has 4 nitrogen and oxygen atoms in total. The molecule has 98 valence electrons. The van der Waals surface area contributed by atoms with E-state index in [0.29, 0.717) is 4.47 Å². The lowest BCUT2D eigenvalue weighted by Gasteiger charge is -2.07. The van der Waals surface area contributed by atoms with Crippen LogP contribution in [0.15, 0.2) is 34.9 Å². The third-order valence-corrected chi connectivity index (χ3v) is 2.68. The maximum atomic E-state index is 13.7. The number of aromatic nitrogens is 1. The summed E-state index contributed by atoms with van der Waals surface area (Å²) in [6.45, 7) is 0. The van der Waals surface area contributed by atoms with E-state index >= 15 is 0 Å². The second-order valence-electron chi connectivity index (χ2n) is 3.46. The number of carbonyl (C=O) groups is 1. The number of hydrogen-bond acceptors (Lipinski definition) is 3. The molecule has 0 aliphatic carbocycles. The van der Waals surface area contributed by atoms with E-state index in [1.807, 2.05) is 0 Å². The van der Waals surface area contributed by atoms with Crippen LogP contribution in [-0.2, 0) is 0 Å². The van der Waals surface area contributed by atoms with E-state index in [1.165, 1.54) is 12.1 Å². The van der Waals surface area contributed by atoms with Crippen molar-refractivity contribution < 1.29 is 23.4 Å². The minimum atomic E-state index is -1.46. The zero-order valence-corrected chi connectivity index (χ0v) is 10.8. The lowest BCUT2D eigenvalue weighted by molar-refractivity contribution is 0.0690. The van der Waals surface area contributed by atoms with Crippen molar-refractivity contribution in [2.24, 2.45) is 0 Å². The Balaban J connectivity index is 2.38. The smallest absolute Gasteiger partial charge is 0.338 e. The fraction of sp³-hybridized carbons (Fsp3) is 0. The van der Waals surface area contributed by atoms with E-state index in [0.717, 1.165) is 18.3 Å². The molecule has 0 saturated carbocycles. The second-order valence-corrected chi connectivity index (χ2v) is 4.38. The monoisotopic (exact) mass is 329 g/mol. The number of benzene rings is 1. The highest BCUT2D eigenvalue weighted by atomic mass is 79.9.